The quantitative estimate of drug-likeness (QED) is 0.322. The van der Waals surface area contributed by atoms with Crippen LogP contribution in [-0.2, 0) is 0 Å². The smallest absolute Gasteiger partial charge is 0.342 e. The van der Waals surface area contributed by atoms with E-state index in [1.807, 2.05) is 0 Å². The Bertz CT molecular complexity index is 91.3. The van der Waals surface area contributed by atoms with Gasteiger partial charge in [-0.1, -0.05) is 58.9 Å². The van der Waals surface area contributed by atoms with Crippen molar-refractivity contribution in [2.75, 3.05) is 0 Å². The van der Waals surface area contributed by atoms with Crippen molar-refractivity contribution in [2.24, 2.45) is 0 Å². The maximum absolute atomic E-state index is 3.91. The summed E-state index contributed by atoms with van der Waals surface area (Å²) in [7, 11) is -2.58. The molecule has 0 heterocycles. The van der Waals surface area contributed by atoms with Gasteiger partial charge in [0.15, 0.2) is 0 Å². The molecule has 16 heavy (non-hydrogen) atoms. The summed E-state index contributed by atoms with van der Waals surface area (Å²) >= 11 is 0. The van der Waals surface area contributed by atoms with Crippen molar-refractivity contribution in [2.45, 2.75) is 58.9 Å². The van der Waals surface area contributed by atoms with E-state index in [0.29, 0.717) is 0 Å². The minimum Gasteiger partial charge on any atom is -0.342 e. The molecule has 0 rings (SSSR count). The molecule has 0 aromatic carbocycles. The molecule has 0 saturated carbocycles. The van der Waals surface area contributed by atoms with Crippen LogP contribution in [0.25, 0.3) is 0 Å². The van der Waals surface area contributed by atoms with E-state index in [1.54, 1.807) is 0 Å². The van der Waals surface area contributed by atoms with Crippen molar-refractivity contribution < 1.29 is 31.1 Å². The second-order valence-electron chi connectivity index (χ2n) is 7.68. The summed E-state index contributed by atoms with van der Waals surface area (Å²) in [6.45, 7) is 31.7. The average Bonchev–Trinajstić information content (AvgIpc) is 1.41. The molecular formula is C12H33Si3U. The summed E-state index contributed by atoms with van der Waals surface area (Å²) in [5, 5.41) is 0. The van der Waals surface area contributed by atoms with Crippen LogP contribution in [0, 0.1) is 50.8 Å². The van der Waals surface area contributed by atoms with Crippen LogP contribution in [0.2, 0.25) is 58.9 Å². The molecule has 0 spiro atoms. The SMILES string of the molecule is [CH2-][Si](C)(C)C.[CH2-][Si](C)(C)C.[CH2-][Si](C)(C)C.[U+3]. The van der Waals surface area contributed by atoms with Crippen molar-refractivity contribution in [1.29, 1.82) is 0 Å². The molecule has 0 aliphatic carbocycles. The van der Waals surface area contributed by atoms with Gasteiger partial charge in [-0.05, 0) is 0 Å². The monoisotopic (exact) mass is 499 g/mol. The van der Waals surface area contributed by atoms with Gasteiger partial charge in [-0.15, -0.1) is 24.2 Å². The van der Waals surface area contributed by atoms with Gasteiger partial charge in [0.05, 0.1) is 0 Å². The second kappa shape index (κ2) is 10.6. The third kappa shape index (κ3) is 1170. The van der Waals surface area contributed by atoms with E-state index in [4.69, 9.17) is 0 Å². The van der Waals surface area contributed by atoms with Gasteiger partial charge in [0, 0.05) is 0 Å². The molecule has 0 amide bonds. The maximum atomic E-state index is 3.91. The predicted molar refractivity (Wildman–Crippen MR) is 86.1 cm³/mol. The zero-order valence-electron chi connectivity index (χ0n) is 13.1. The standard InChI is InChI=1S/3C4H11Si.U/c3*1-5(2,3)4;/h3*1H2,2-4H3;/q3*-1;+3. The molecule has 0 nitrogen and oxygen atoms in total. The molecule has 97 valence electrons. The fourth-order valence-corrected chi connectivity index (χ4v) is 0. The number of hydrogen-bond acceptors (Lipinski definition) is 0. The molecule has 0 aliphatic rings. The first-order chi connectivity index (χ1) is 6.00. The zero-order valence-corrected chi connectivity index (χ0v) is 20.3. The summed E-state index contributed by atoms with van der Waals surface area (Å²) in [6, 6.07) is 0. The van der Waals surface area contributed by atoms with Crippen molar-refractivity contribution in [3.63, 3.8) is 0 Å². The molecule has 0 fully saturated rings. The molecule has 0 unspecified atom stereocenters. The largest absolute Gasteiger partial charge is 3.00 e. The summed E-state index contributed by atoms with van der Waals surface area (Å²) < 4.78 is 0. The Morgan fingerprint density at radius 3 is 0.438 bits per heavy atom. The van der Waals surface area contributed by atoms with Crippen LogP contribution in [0.15, 0.2) is 0 Å². The van der Waals surface area contributed by atoms with E-state index in [2.05, 4.69) is 78.6 Å². The molecule has 0 aromatic heterocycles. The third-order valence-electron chi connectivity index (χ3n) is 0. The summed E-state index contributed by atoms with van der Waals surface area (Å²) in [6.07, 6.45) is 0. The second-order valence-corrected chi connectivity index (χ2v) is 23.0. The minimum absolute atomic E-state index is 0. The van der Waals surface area contributed by atoms with Gasteiger partial charge in [0.1, 0.15) is 0 Å². The van der Waals surface area contributed by atoms with Crippen molar-refractivity contribution >= 4 is 24.2 Å². The van der Waals surface area contributed by atoms with Gasteiger partial charge in [0.25, 0.3) is 0 Å². The first-order valence-electron chi connectivity index (χ1n) is 5.56. The van der Waals surface area contributed by atoms with E-state index in [-0.39, 0.29) is 31.1 Å². The Hall–Kier alpha value is 1.70. The molecule has 1 radical (unpaired) electrons. The van der Waals surface area contributed by atoms with Gasteiger partial charge in [-0.25, -0.2) is 0 Å². The van der Waals surface area contributed by atoms with Gasteiger partial charge in [-0.2, -0.15) is 0 Å². The molecule has 4 heteroatoms. The van der Waals surface area contributed by atoms with Crippen LogP contribution in [0.5, 0.6) is 0 Å². The van der Waals surface area contributed by atoms with Crippen LogP contribution in [0.1, 0.15) is 0 Å². The van der Waals surface area contributed by atoms with Gasteiger partial charge >= 0.3 is 31.1 Å². The predicted octanol–water partition coefficient (Wildman–Crippen LogP) is 5.09. The molecule has 0 saturated heterocycles. The topological polar surface area (TPSA) is 0 Å². The molecule has 0 N–H and O–H groups in total. The van der Waals surface area contributed by atoms with E-state index in [0.717, 1.165) is 0 Å². The van der Waals surface area contributed by atoms with Crippen LogP contribution >= 0.6 is 0 Å². The molecular weight excluding hydrogens is 466 g/mol. The fourth-order valence-electron chi connectivity index (χ4n) is 0. The maximum Gasteiger partial charge on any atom is 3.00 e. The average molecular weight is 500 g/mol. The first kappa shape index (κ1) is 26.3. The first-order valence-corrected chi connectivity index (χ1v) is 16.7. The van der Waals surface area contributed by atoms with Gasteiger partial charge in [0.2, 0.25) is 0 Å². The van der Waals surface area contributed by atoms with E-state index in [1.165, 1.54) is 0 Å². The van der Waals surface area contributed by atoms with Crippen LogP contribution in [0.4, 0.5) is 0 Å². The fraction of sp³-hybridized carbons (Fsp3) is 0.750. The van der Waals surface area contributed by atoms with E-state index < -0.39 is 24.2 Å². The summed E-state index contributed by atoms with van der Waals surface area (Å²) in [5.41, 5.74) is 0. The summed E-state index contributed by atoms with van der Waals surface area (Å²) in [5.74, 6) is 0. The molecule has 0 aromatic rings. The molecule has 0 bridgehead atoms. The Morgan fingerprint density at radius 1 is 0.438 bits per heavy atom. The Labute approximate surface area is 133 Å². The van der Waals surface area contributed by atoms with Crippen molar-refractivity contribution in [3.8, 4) is 0 Å². The molecule has 0 aliphatic heterocycles. The molecule has 0 atom stereocenters. The Balaban J connectivity index is -0.0000000655. The van der Waals surface area contributed by atoms with E-state index >= 15 is 0 Å². The zero-order chi connectivity index (χ0) is 13.5. The normalized spacial score (nSPS) is 11.2. The van der Waals surface area contributed by atoms with Crippen molar-refractivity contribution in [1.82, 2.24) is 0 Å². The van der Waals surface area contributed by atoms with E-state index in [9.17, 15) is 0 Å². The van der Waals surface area contributed by atoms with Crippen LogP contribution < -0.4 is 0 Å². The Kier molecular flexibility index (Phi) is 17.4. The Morgan fingerprint density at radius 2 is 0.438 bits per heavy atom. The van der Waals surface area contributed by atoms with Gasteiger partial charge < -0.3 is 19.6 Å². The number of hydrogen-bond donors (Lipinski definition) is 0. The van der Waals surface area contributed by atoms with Crippen LogP contribution in [0.3, 0.4) is 0 Å². The number of rotatable bonds is 0. The van der Waals surface area contributed by atoms with Crippen LogP contribution in [-0.4, -0.2) is 24.2 Å². The summed E-state index contributed by atoms with van der Waals surface area (Å²) in [4.78, 5) is 0. The third-order valence-corrected chi connectivity index (χ3v) is 0. The van der Waals surface area contributed by atoms with Gasteiger partial charge in [-0.3, -0.25) is 0 Å². The minimum atomic E-state index is -0.861. The van der Waals surface area contributed by atoms with Crippen molar-refractivity contribution in [3.05, 3.63) is 19.6 Å².